The van der Waals surface area contributed by atoms with Crippen LogP contribution in [0.4, 0.5) is 0 Å². The first kappa shape index (κ1) is 21.3. The maximum absolute atomic E-state index is 10.6. The van der Waals surface area contributed by atoms with Gasteiger partial charge in [0.2, 0.25) is 5.91 Å². The molecule has 0 radical (unpaired) electrons. The van der Waals surface area contributed by atoms with E-state index in [1.807, 2.05) is 12.1 Å². The predicted octanol–water partition coefficient (Wildman–Crippen LogP) is 5.57. The molecule has 1 amide bonds. The lowest BCUT2D eigenvalue weighted by molar-refractivity contribution is -0.118. The van der Waals surface area contributed by atoms with Crippen LogP contribution < -0.4 is 10.5 Å². The van der Waals surface area contributed by atoms with E-state index in [-0.39, 0.29) is 5.91 Å². The molecule has 3 heteroatoms. The number of carbonyl (C=O) groups is 1. The minimum atomic E-state index is -0.171. The Balaban J connectivity index is 1.87. The van der Waals surface area contributed by atoms with E-state index in [1.165, 1.54) is 50.5 Å². The van der Waals surface area contributed by atoms with Crippen LogP contribution in [0.3, 0.4) is 0 Å². The normalized spacial score (nSPS) is 11.1. The average molecular weight is 346 g/mol. The van der Waals surface area contributed by atoms with Crippen molar-refractivity contribution >= 4 is 5.91 Å². The molecule has 140 valence electrons. The molecule has 25 heavy (non-hydrogen) atoms. The zero-order valence-electron chi connectivity index (χ0n) is 15.8. The molecular weight excluding hydrogens is 310 g/mol. The van der Waals surface area contributed by atoms with Gasteiger partial charge in [0.25, 0.3) is 0 Å². The van der Waals surface area contributed by atoms with E-state index in [2.05, 4.69) is 24.3 Å². The molecule has 0 spiro atoms. The Bertz CT molecular complexity index is 479. The van der Waals surface area contributed by atoms with Gasteiger partial charge >= 0.3 is 0 Å². The van der Waals surface area contributed by atoms with Crippen LogP contribution in [0.15, 0.2) is 36.4 Å². The van der Waals surface area contributed by atoms with Crippen LogP contribution in [0.5, 0.6) is 5.75 Å². The molecule has 1 rings (SSSR count). The lowest BCUT2D eigenvalue weighted by atomic mass is 10.1. The van der Waals surface area contributed by atoms with Crippen LogP contribution in [-0.4, -0.2) is 13.0 Å². The van der Waals surface area contributed by atoms with Crippen molar-refractivity contribution in [1.29, 1.82) is 0 Å². The second kappa shape index (κ2) is 14.6. The van der Waals surface area contributed by atoms with Crippen molar-refractivity contribution in [2.75, 3.05) is 7.11 Å². The number of hydrogen-bond acceptors (Lipinski definition) is 2. The Morgan fingerprint density at radius 3 is 2.04 bits per heavy atom. The van der Waals surface area contributed by atoms with Gasteiger partial charge in [-0.3, -0.25) is 4.79 Å². The number of amides is 1. The van der Waals surface area contributed by atoms with E-state index in [1.54, 1.807) is 7.11 Å². The summed E-state index contributed by atoms with van der Waals surface area (Å²) in [5.41, 5.74) is 6.50. The molecule has 1 aromatic rings. The highest BCUT2D eigenvalue weighted by atomic mass is 16.5. The summed E-state index contributed by atoms with van der Waals surface area (Å²) < 4.78 is 5.17. The Morgan fingerprint density at radius 1 is 0.880 bits per heavy atom. The number of primary amides is 1. The molecule has 0 aliphatic heterocycles. The van der Waals surface area contributed by atoms with Gasteiger partial charge in [0.15, 0.2) is 0 Å². The van der Waals surface area contributed by atoms with E-state index in [0.29, 0.717) is 6.42 Å². The second-order valence-electron chi connectivity index (χ2n) is 6.69. The van der Waals surface area contributed by atoms with Crippen LogP contribution in [0.25, 0.3) is 0 Å². The van der Waals surface area contributed by atoms with Gasteiger partial charge in [-0.15, -0.1) is 0 Å². The fourth-order valence-electron chi connectivity index (χ4n) is 2.90. The molecule has 0 heterocycles. The fraction of sp³-hybridized carbons (Fsp3) is 0.591. The topological polar surface area (TPSA) is 52.3 Å². The van der Waals surface area contributed by atoms with Gasteiger partial charge < -0.3 is 10.5 Å². The fourth-order valence-corrected chi connectivity index (χ4v) is 2.90. The number of ether oxygens (including phenoxy) is 1. The number of nitrogens with two attached hydrogens (primary N) is 1. The molecule has 0 bridgehead atoms. The highest BCUT2D eigenvalue weighted by Gasteiger charge is 1.95. The molecule has 0 aliphatic rings. The van der Waals surface area contributed by atoms with Crippen molar-refractivity contribution < 1.29 is 9.53 Å². The first-order valence-corrected chi connectivity index (χ1v) is 9.78. The number of hydrogen-bond donors (Lipinski definition) is 1. The number of carbonyl (C=O) groups excluding carboxylic acids is 1. The zero-order valence-corrected chi connectivity index (χ0v) is 15.8. The minimum absolute atomic E-state index is 0.171. The van der Waals surface area contributed by atoms with Crippen LogP contribution in [0, 0.1) is 0 Å². The standard InChI is InChI=1S/C22H35NO2/c1-25-21-18-16-20(17-19-21)14-12-10-8-6-4-2-3-5-7-9-11-13-15-22(23)24/h6,8,16-19H,2-5,7,9-15H2,1H3,(H2,23,24). The molecular formula is C22H35NO2. The van der Waals surface area contributed by atoms with Gasteiger partial charge in [0.1, 0.15) is 5.75 Å². The van der Waals surface area contributed by atoms with Crippen LogP contribution in [0.1, 0.15) is 76.2 Å². The Labute approximate surface area is 153 Å². The van der Waals surface area contributed by atoms with Crippen LogP contribution >= 0.6 is 0 Å². The van der Waals surface area contributed by atoms with Crippen molar-refractivity contribution in [3.05, 3.63) is 42.0 Å². The quantitative estimate of drug-likeness (QED) is 0.334. The first-order valence-electron chi connectivity index (χ1n) is 9.78. The maximum Gasteiger partial charge on any atom is 0.217 e. The SMILES string of the molecule is COc1ccc(CCCC=CCCCCCCCCCC(N)=O)cc1. The Morgan fingerprint density at radius 2 is 1.44 bits per heavy atom. The summed E-state index contributed by atoms with van der Waals surface area (Å²) in [5.74, 6) is 0.755. The summed E-state index contributed by atoms with van der Waals surface area (Å²) in [6.45, 7) is 0. The van der Waals surface area contributed by atoms with E-state index in [4.69, 9.17) is 10.5 Å². The van der Waals surface area contributed by atoms with E-state index >= 15 is 0 Å². The summed E-state index contributed by atoms with van der Waals surface area (Å²) in [7, 11) is 1.70. The average Bonchev–Trinajstić information content (AvgIpc) is 2.62. The molecule has 0 unspecified atom stereocenters. The van der Waals surface area contributed by atoms with Crippen LogP contribution in [-0.2, 0) is 11.2 Å². The van der Waals surface area contributed by atoms with Gasteiger partial charge in [-0.2, -0.15) is 0 Å². The van der Waals surface area contributed by atoms with Crippen molar-refractivity contribution in [1.82, 2.24) is 0 Å². The number of methoxy groups -OCH3 is 1. The summed E-state index contributed by atoms with van der Waals surface area (Å²) >= 11 is 0. The zero-order chi connectivity index (χ0) is 18.2. The van der Waals surface area contributed by atoms with E-state index in [9.17, 15) is 4.79 Å². The van der Waals surface area contributed by atoms with Crippen LogP contribution in [0.2, 0.25) is 0 Å². The molecule has 3 nitrogen and oxygen atoms in total. The summed E-state index contributed by atoms with van der Waals surface area (Å²) in [6.07, 6.45) is 18.4. The number of unbranched alkanes of at least 4 members (excludes halogenated alkanes) is 8. The highest BCUT2D eigenvalue weighted by Crippen LogP contribution is 2.13. The monoisotopic (exact) mass is 345 g/mol. The summed E-state index contributed by atoms with van der Waals surface area (Å²) in [5, 5.41) is 0. The summed E-state index contributed by atoms with van der Waals surface area (Å²) in [6, 6.07) is 8.36. The van der Waals surface area contributed by atoms with E-state index in [0.717, 1.165) is 31.4 Å². The Hall–Kier alpha value is -1.77. The lowest BCUT2D eigenvalue weighted by Crippen LogP contribution is -2.09. The first-order chi connectivity index (χ1) is 12.2. The molecule has 0 aromatic heterocycles. The van der Waals surface area contributed by atoms with Gasteiger partial charge in [-0.1, -0.05) is 56.4 Å². The minimum Gasteiger partial charge on any atom is -0.497 e. The van der Waals surface area contributed by atoms with Crippen molar-refractivity contribution in [3.8, 4) is 5.75 Å². The van der Waals surface area contributed by atoms with E-state index < -0.39 is 0 Å². The molecule has 0 atom stereocenters. The smallest absolute Gasteiger partial charge is 0.217 e. The maximum atomic E-state index is 10.6. The summed E-state index contributed by atoms with van der Waals surface area (Å²) in [4.78, 5) is 10.6. The Kier molecular flexibility index (Phi) is 12.4. The van der Waals surface area contributed by atoms with Gasteiger partial charge in [-0.25, -0.2) is 0 Å². The molecule has 1 aromatic carbocycles. The molecule has 2 N–H and O–H groups in total. The molecule has 0 fully saturated rings. The van der Waals surface area contributed by atoms with Gasteiger partial charge in [-0.05, 0) is 56.2 Å². The number of allylic oxidation sites excluding steroid dienone is 2. The van der Waals surface area contributed by atoms with Crippen molar-refractivity contribution in [2.24, 2.45) is 5.73 Å². The molecule has 0 saturated heterocycles. The number of aryl methyl sites for hydroxylation is 1. The third-order valence-electron chi connectivity index (χ3n) is 4.46. The third kappa shape index (κ3) is 12.3. The number of rotatable bonds is 15. The highest BCUT2D eigenvalue weighted by molar-refractivity contribution is 5.73. The number of benzene rings is 1. The van der Waals surface area contributed by atoms with Crippen molar-refractivity contribution in [3.63, 3.8) is 0 Å². The largest absolute Gasteiger partial charge is 0.497 e. The third-order valence-corrected chi connectivity index (χ3v) is 4.46. The van der Waals surface area contributed by atoms with Gasteiger partial charge in [0.05, 0.1) is 7.11 Å². The lowest BCUT2D eigenvalue weighted by Gasteiger charge is -2.02. The molecule has 0 aliphatic carbocycles. The van der Waals surface area contributed by atoms with Crippen molar-refractivity contribution in [2.45, 2.75) is 77.0 Å². The van der Waals surface area contributed by atoms with Gasteiger partial charge in [0, 0.05) is 6.42 Å². The molecule has 0 saturated carbocycles. The second-order valence-corrected chi connectivity index (χ2v) is 6.69. The predicted molar refractivity (Wildman–Crippen MR) is 106 cm³/mol.